The van der Waals surface area contributed by atoms with Gasteiger partial charge in [-0.1, -0.05) is 134 Å². The number of allylic oxidation sites excluding steroid dienone is 3. The summed E-state index contributed by atoms with van der Waals surface area (Å²) in [5, 5.41) is 6.82. The van der Waals surface area contributed by atoms with E-state index in [4.69, 9.17) is 4.42 Å². The maximum atomic E-state index is 6.33. The largest absolute Gasteiger partial charge is 0.456 e. The third-order valence-corrected chi connectivity index (χ3v) is 11.2. The van der Waals surface area contributed by atoms with Gasteiger partial charge < -0.3 is 19.1 Å². The standard InChI is InChI=1S/C57H43N3O/c1-4-17-55(40(2)3)60(49-32-33-57-54(39-49)53-26-15-16-27-56(53)61-57)52-37-50(58(45-22-7-5-8-23-45)47-30-28-41-18-11-13-20-43(41)34-47)36-51(38-52)59(46-24-9-6-10-25-46)48-31-29-42-19-12-14-21-44(42)35-48/h4-39H,1-2H2,3H3/b55-17+. The second kappa shape index (κ2) is 15.9. The maximum absolute atomic E-state index is 6.33. The van der Waals surface area contributed by atoms with Gasteiger partial charge in [0.1, 0.15) is 11.2 Å². The Morgan fingerprint density at radius 3 is 1.44 bits per heavy atom. The molecule has 292 valence electrons. The first kappa shape index (κ1) is 37.2. The van der Waals surface area contributed by atoms with Gasteiger partial charge in [-0.2, -0.15) is 0 Å². The van der Waals surface area contributed by atoms with Crippen LogP contribution < -0.4 is 14.7 Å². The lowest BCUT2D eigenvalue weighted by atomic mass is 10.0. The Morgan fingerprint density at radius 1 is 0.410 bits per heavy atom. The second-order valence-corrected chi connectivity index (χ2v) is 15.3. The Morgan fingerprint density at radius 2 is 0.885 bits per heavy atom. The zero-order chi connectivity index (χ0) is 41.3. The molecule has 0 radical (unpaired) electrons. The molecule has 9 aromatic carbocycles. The molecule has 0 unspecified atom stereocenters. The van der Waals surface area contributed by atoms with E-state index in [1.807, 2.05) is 24.3 Å². The predicted molar refractivity (Wildman–Crippen MR) is 260 cm³/mol. The number of furan rings is 1. The predicted octanol–water partition coefficient (Wildman–Crippen LogP) is 16.6. The fourth-order valence-corrected chi connectivity index (χ4v) is 8.45. The van der Waals surface area contributed by atoms with Crippen LogP contribution in [0.15, 0.2) is 247 Å². The van der Waals surface area contributed by atoms with Gasteiger partial charge in [0.25, 0.3) is 0 Å². The topological polar surface area (TPSA) is 22.9 Å². The van der Waals surface area contributed by atoms with Crippen LogP contribution in [0.2, 0.25) is 0 Å². The minimum Gasteiger partial charge on any atom is -0.456 e. The zero-order valence-electron chi connectivity index (χ0n) is 33.9. The second-order valence-electron chi connectivity index (χ2n) is 15.3. The van der Waals surface area contributed by atoms with Gasteiger partial charge >= 0.3 is 0 Å². The zero-order valence-corrected chi connectivity index (χ0v) is 33.9. The molecule has 1 heterocycles. The number of hydrogen-bond acceptors (Lipinski definition) is 4. The summed E-state index contributed by atoms with van der Waals surface area (Å²) in [6.07, 6.45) is 3.88. The number of para-hydroxylation sites is 3. The maximum Gasteiger partial charge on any atom is 0.135 e. The highest BCUT2D eigenvalue weighted by Gasteiger charge is 2.24. The lowest BCUT2D eigenvalue weighted by molar-refractivity contribution is 0.669. The summed E-state index contributed by atoms with van der Waals surface area (Å²) >= 11 is 0. The van der Waals surface area contributed by atoms with Crippen LogP contribution in [0.25, 0.3) is 43.5 Å². The van der Waals surface area contributed by atoms with Gasteiger partial charge in [0.2, 0.25) is 0 Å². The van der Waals surface area contributed by atoms with Crippen molar-refractivity contribution in [2.75, 3.05) is 14.7 Å². The van der Waals surface area contributed by atoms with E-state index in [0.29, 0.717) is 0 Å². The fraction of sp³-hybridized carbons (Fsp3) is 0.0175. The van der Waals surface area contributed by atoms with Gasteiger partial charge in [0.15, 0.2) is 0 Å². The molecular formula is C57H43N3O. The molecular weight excluding hydrogens is 743 g/mol. The van der Waals surface area contributed by atoms with E-state index in [0.717, 1.165) is 78.7 Å². The molecule has 0 atom stereocenters. The van der Waals surface area contributed by atoms with Crippen molar-refractivity contribution in [3.63, 3.8) is 0 Å². The van der Waals surface area contributed by atoms with Crippen LogP contribution in [0.4, 0.5) is 45.5 Å². The molecule has 0 spiro atoms. The van der Waals surface area contributed by atoms with Crippen LogP contribution in [-0.4, -0.2) is 0 Å². The van der Waals surface area contributed by atoms with Crippen LogP contribution in [0.1, 0.15) is 6.92 Å². The molecule has 0 saturated carbocycles. The van der Waals surface area contributed by atoms with E-state index in [1.54, 1.807) is 0 Å². The summed E-state index contributed by atoms with van der Waals surface area (Å²) in [4.78, 5) is 7.00. The average molecular weight is 786 g/mol. The summed E-state index contributed by atoms with van der Waals surface area (Å²) < 4.78 is 6.33. The molecule has 0 fully saturated rings. The van der Waals surface area contributed by atoms with Crippen LogP contribution in [0.3, 0.4) is 0 Å². The SMILES string of the molecule is C=C/C=C(\C(=C)C)N(c1cc(N(c2ccccc2)c2ccc3ccccc3c2)cc(N(c2ccccc2)c2ccc3ccccc3c2)c1)c1ccc2oc3ccccc3c2c1. The molecule has 4 nitrogen and oxygen atoms in total. The summed E-state index contributed by atoms with van der Waals surface area (Å²) in [6, 6.07) is 73.2. The van der Waals surface area contributed by atoms with Crippen molar-refractivity contribution in [2.24, 2.45) is 0 Å². The molecule has 0 N–H and O–H groups in total. The monoisotopic (exact) mass is 785 g/mol. The Kier molecular flexibility index (Phi) is 9.72. The van der Waals surface area contributed by atoms with E-state index >= 15 is 0 Å². The lowest BCUT2D eigenvalue weighted by Crippen LogP contribution is -2.19. The molecule has 0 aliphatic rings. The average Bonchev–Trinajstić information content (AvgIpc) is 3.68. The molecule has 4 heteroatoms. The molecule has 0 saturated heterocycles. The van der Waals surface area contributed by atoms with Crippen molar-refractivity contribution in [2.45, 2.75) is 6.92 Å². The highest BCUT2D eigenvalue weighted by Crippen LogP contribution is 2.47. The van der Waals surface area contributed by atoms with E-state index in [2.05, 4.69) is 229 Å². The van der Waals surface area contributed by atoms with Gasteiger partial charge in [-0.15, -0.1) is 0 Å². The fourth-order valence-electron chi connectivity index (χ4n) is 8.45. The normalized spacial score (nSPS) is 11.6. The van der Waals surface area contributed by atoms with Gasteiger partial charge in [0.05, 0.1) is 17.1 Å². The highest BCUT2D eigenvalue weighted by atomic mass is 16.3. The van der Waals surface area contributed by atoms with Gasteiger partial charge in [0, 0.05) is 44.9 Å². The van der Waals surface area contributed by atoms with E-state index < -0.39 is 0 Å². The van der Waals surface area contributed by atoms with Crippen molar-refractivity contribution in [3.8, 4) is 0 Å². The molecule has 0 aliphatic carbocycles. The highest BCUT2D eigenvalue weighted by molar-refractivity contribution is 6.06. The first-order valence-electron chi connectivity index (χ1n) is 20.6. The molecule has 10 rings (SSSR count). The van der Waals surface area contributed by atoms with Crippen molar-refractivity contribution in [1.29, 1.82) is 0 Å². The molecule has 0 bridgehead atoms. The minimum atomic E-state index is 0.835. The number of fused-ring (bicyclic) bond motifs is 5. The van der Waals surface area contributed by atoms with Crippen molar-refractivity contribution in [1.82, 2.24) is 0 Å². The van der Waals surface area contributed by atoms with Crippen molar-refractivity contribution >= 4 is 89.0 Å². The summed E-state index contributed by atoms with van der Waals surface area (Å²) in [5.41, 5.74) is 11.5. The molecule has 1 aromatic heterocycles. The van der Waals surface area contributed by atoms with Gasteiger partial charge in [-0.3, -0.25) is 0 Å². The first-order chi connectivity index (χ1) is 30.0. The van der Waals surface area contributed by atoms with E-state index in [9.17, 15) is 0 Å². The molecule has 0 aliphatic heterocycles. The quantitative estimate of drug-likeness (QED) is 0.122. The van der Waals surface area contributed by atoms with E-state index in [1.165, 1.54) is 21.5 Å². The smallest absolute Gasteiger partial charge is 0.135 e. The first-order valence-corrected chi connectivity index (χ1v) is 20.6. The molecule has 61 heavy (non-hydrogen) atoms. The third-order valence-electron chi connectivity index (χ3n) is 11.2. The molecule has 0 amide bonds. The van der Waals surface area contributed by atoms with Gasteiger partial charge in [-0.25, -0.2) is 0 Å². The Hall–Kier alpha value is -8.08. The number of nitrogens with zero attached hydrogens (tertiary/aromatic N) is 3. The number of anilines is 8. The van der Waals surface area contributed by atoms with Gasteiger partial charge in [-0.05, 0) is 131 Å². The number of rotatable bonds is 11. The van der Waals surface area contributed by atoms with Crippen LogP contribution in [-0.2, 0) is 0 Å². The Bertz CT molecular complexity index is 3130. The lowest BCUT2D eigenvalue weighted by Gasteiger charge is -2.34. The van der Waals surface area contributed by atoms with Crippen molar-refractivity contribution < 1.29 is 4.42 Å². The summed E-state index contributed by atoms with van der Waals surface area (Å²) in [7, 11) is 0. The van der Waals surface area contributed by atoms with Crippen LogP contribution >= 0.6 is 0 Å². The molecule has 10 aromatic rings. The Balaban J connectivity index is 1.28. The minimum absolute atomic E-state index is 0.835. The summed E-state index contributed by atoms with van der Waals surface area (Å²) in [6.45, 7) is 10.7. The van der Waals surface area contributed by atoms with Crippen LogP contribution in [0, 0.1) is 0 Å². The van der Waals surface area contributed by atoms with Crippen LogP contribution in [0.5, 0.6) is 0 Å². The number of benzene rings is 9. The third kappa shape index (κ3) is 7.11. The summed E-state index contributed by atoms with van der Waals surface area (Å²) in [5.74, 6) is 0. The van der Waals surface area contributed by atoms with Crippen molar-refractivity contribution in [3.05, 3.63) is 243 Å². The Labute approximate surface area is 356 Å². The van der Waals surface area contributed by atoms with E-state index in [-0.39, 0.29) is 0 Å². The number of hydrogen-bond donors (Lipinski definition) is 0.